The lowest BCUT2D eigenvalue weighted by molar-refractivity contribution is -0.119. The maximum absolute atomic E-state index is 12.8. The minimum Gasteiger partial charge on any atom is -0.316 e. The number of benzene rings is 1. The molecule has 1 amide bonds. The Hall–Kier alpha value is -1.35. The van der Waals surface area contributed by atoms with Crippen molar-refractivity contribution < 1.29 is 4.79 Å². The number of hydrogen-bond acceptors (Lipinski definition) is 2. The van der Waals surface area contributed by atoms with E-state index in [-0.39, 0.29) is 5.41 Å². The minimum absolute atomic E-state index is 0.264. The van der Waals surface area contributed by atoms with Gasteiger partial charge in [-0.3, -0.25) is 4.79 Å². The van der Waals surface area contributed by atoms with E-state index in [0.29, 0.717) is 18.2 Å². The van der Waals surface area contributed by atoms with Crippen molar-refractivity contribution in [1.29, 1.82) is 0 Å². The van der Waals surface area contributed by atoms with Crippen LogP contribution in [0.4, 0.5) is 5.69 Å². The molecule has 2 aliphatic heterocycles. The number of rotatable bonds is 2. The van der Waals surface area contributed by atoms with Crippen LogP contribution in [0.2, 0.25) is 0 Å². The number of anilines is 1. The van der Waals surface area contributed by atoms with Crippen LogP contribution in [0.5, 0.6) is 0 Å². The largest absolute Gasteiger partial charge is 0.316 e. The second-order valence-corrected chi connectivity index (χ2v) is 7.05. The van der Waals surface area contributed by atoms with Crippen LogP contribution in [-0.2, 0) is 10.2 Å². The number of nitrogens with zero attached hydrogens (tertiary/aromatic N) is 1. The first-order valence-corrected chi connectivity index (χ1v) is 8.39. The molecule has 0 aromatic heterocycles. The van der Waals surface area contributed by atoms with Gasteiger partial charge in [0.15, 0.2) is 0 Å². The fourth-order valence-electron chi connectivity index (χ4n) is 4.58. The number of fused-ring (bicyclic) bond motifs is 2. The van der Waals surface area contributed by atoms with Crippen molar-refractivity contribution in [3.8, 4) is 0 Å². The standard InChI is InChI=1S/C18H24N2O/c21-17(11-14-7-10-19-12-14)20-13-18(8-3-4-9-18)15-5-1-2-6-16(15)20/h1-2,5-6,14,19H,3-4,7-13H2/t14-/m1/s1. The molecule has 1 N–H and O–H groups in total. The summed E-state index contributed by atoms with van der Waals surface area (Å²) in [5, 5.41) is 3.37. The Morgan fingerprint density at radius 3 is 2.86 bits per heavy atom. The average Bonchev–Trinajstić information content (AvgIpc) is 3.22. The Morgan fingerprint density at radius 1 is 1.29 bits per heavy atom. The van der Waals surface area contributed by atoms with Gasteiger partial charge in [-0.25, -0.2) is 0 Å². The van der Waals surface area contributed by atoms with Crippen molar-refractivity contribution in [1.82, 2.24) is 5.32 Å². The Kier molecular flexibility index (Phi) is 3.26. The van der Waals surface area contributed by atoms with Crippen LogP contribution in [0.1, 0.15) is 44.1 Å². The van der Waals surface area contributed by atoms with Crippen molar-refractivity contribution in [2.75, 3.05) is 24.5 Å². The molecular formula is C18H24N2O. The Balaban J connectivity index is 1.60. The second kappa shape index (κ2) is 5.13. The highest BCUT2D eigenvalue weighted by molar-refractivity contribution is 5.96. The molecule has 1 saturated carbocycles. The molecule has 1 aromatic carbocycles. The summed E-state index contributed by atoms with van der Waals surface area (Å²) in [6.07, 6.45) is 6.97. The molecule has 0 radical (unpaired) electrons. The predicted octanol–water partition coefficient (Wildman–Crippen LogP) is 2.84. The van der Waals surface area contributed by atoms with Gasteiger partial charge in [-0.1, -0.05) is 31.0 Å². The molecule has 4 rings (SSSR count). The molecule has 1 aromatic rings. The summed E-state index contributed by atoms with van der Waals surface area (Å²) < 4.78 is 0. The summed E-state index contributed by atoms with van der Waals surface area (Å²) in [4.78, 5) is 14.9. The maximum atomic E-state index is 12.8. The molecule has 3 nitrogen and oxygen atoms in total. The first-order valence-electron chi connectivity index (χ1n) is 8.39. The first kappa shape index (κ1) is 13.3. The molecule has 3 aliphatic rings. The van der Waals surface area contributed by atoms with E-state index in [1.165, 1.54) is 36.9 Å². The number of carbonyl (C=O) groups is 1. The van der Waals surface area contributed by atoms with Crippen LogP contribution in [-0.4, -0.2) is 25.5 Å². The molecule has 1 atom stereocenters. The summed E-state index contributed by atoms with van der Waals surface area (Å²) in [6.45, 7) is 3.00. The third-order valence-electron chi connectivity index (χ3n) is 5.71. The maximum Gasteiger partial charge on any atom is 0.227 e. The summed E-state index contributed by atoms with van der Waals surface area (Å²) in [7, 11) is 0. The number of amides is 1. The van der Waals surface area contributed by atoms with Crippen molar-refractivity contribution in [2.24, 2.45) is 5.92 Å². The average molecular weight is 284 g/mol. The third kappa shape index (κ3) is 2.18. The Labute approximate surface area is 126 Å². The van der Waals surface area contributed by atoms with Crippen LogP contribution in [0.15, 0.2) is 24.3 Å². The van der Waals surface area contributed by atoms with Gasteiger partial charge in [-0.15, -0.1) is 0 Å². The monoisotopic (exact) mass is 284 g/mol. The first-order chi connectivity index (χ1) is 10.3. The number of carbonyl (C=O) groups excluding carboxylic acids is 1. The highest BCUT2D eigenvalue weighted by atomic mass is 16.2. The van der Waals surface area contributed by atoms with Crippen LogP contribution >= 0.6 is 0 Å². The van der Waals surface area contributed by atoms with Crippen LogP contribution < -0.4 is 10.2 Å². The third-order valence-corrected chi connectivity index (χ3v) is 5.71. The highest BCUT2D eigenvalue weighted by Crippen LogP contribution is 2.50. The number of para-hydroxylation sites is 1. The molecule has 3 heteroatoms. The van der Waals surface area contributed by atoms with Gasteiger partial charge < -0.3 is 10.2 Å². The van der Waals surface area contributed by atoms with Gasteiger partial charge in [0.2, 0.25) is 5.91 Å². The van der Waals surface area contributed by atoms with Crippen molar-refractivity contribution in [3.05, 3.63) is 29.8 Å². The van der Waals surface area contributed by atoms with Gasteiger partial charge in [0.05, 0.1) is 0 Å². The lowest BCUT2D eigenvalue weighted by atomic mass is 9.81. The van der Waals surface area contributed by atoms with E-state index < -0.39 is 0 Å². The zero-order valence-corrected chi connectivity index (χ0v) is 12.6. The van der Waals surface area contributed by atoms with Gasteiger partial charge in [0.25, 0.3) is 0 Å². The minimum atomic E-state index is 0.264. The van der Waals surface area contributed by atoms with Gasteiger partial charge >= 0.3 is 0 Å². The van der Waals surface area contributed by atoms with Crippen LogP contribution in [0.3, 0.4) is 0 Å². The molecular weight excluding hydrogens is 260 g/mol. The van der Waals surface area contributed by atoms with E-state index in [1.54, 1.807) is 0 Å². The number of nitrogens with one attached hydrogen (secondary N) is 1. The summed E-state index contributed by atoms with van der Waals surface area (Å²) >= 11 is 0. The molecule has 1 spiro atoms. The fraction of sp³-hybridized carbons (Fsp3) is 0.611. The zero-order chi connectivity index (χ0) is 14.3. The van der Waals surface area contributed by atoms with E-state index in [0.717, 1.165) is 26.1 Å². The second-order valence-electron chi connectivity index (χ2n) is 7.05. The lowest BCUT2D eigenvalue weighted by Crippen LogP contribution is -2.36. The number of hydrogen-bond donors (Lipinski definition) is 1. The van der Waals surface area contributed by atoms with E-state index in [2.05, 4.69) is 34.5 Å². The molecule has 112 valence electrons. The SMILES string of the molecule is O=C(C[C@H]1CCNC1)N1CC2(CCCC2)c2ccccc21. The Bertz CT molecular complexity index is 542. The molecule has 1 aliphatic carbocycles. The van der Waals surface area contributed by atoms with Crippen LogP contribution in [0.25, 0.3) is 0 Å². The zero-order valence-electron chi connectivity index (χ0n) is 12.6. The van der Waals surface area contributed by atoms with Gasteiger partial charge in [-0.05, 0) is 49.9 Å². The summed E-state index contributed by atoms with van der Waals surface area (Å²) in [6, 6.07) is 8.61. The van der Waals surface area contributed by atoms with E-state index in [9.17, 15) is 4.79 Å². The Morgan fingerprint density at radius 2 is 2.10 bits per heavy atom. The quantitative estimate of drug-likeness (QED) is 0.905. The van der Waals surface area contributed by atoms with E-state index in [4.69, 9.17) is 0 Å². The molecule has 0 unspecified atom stereocenters. The van der Waals surface area contributed by atoms with Gasteiger partial charge in [-0.2, -0.15) is 0 Å². The van der Waals surface area contributed by atoms with E-state index in [1.807, 2.05) is 0 Å². The topological polar surface area (TPSA) is 32.3 Å². The van der Waals surface area contributed by atoms with Crippen molar-refractivity contribution >= 4 is 11.6 Å². The predicted molar refractivity (Wildman–Crippen MR) is 84.5 cm³/mol. The molecule has 21 heavy (non-hydrogen) atoms. The van der Waals surface area contributed by atoms with E-state index >= 15 is 0 Å². The molecule has 1 saturated heterocycles. The lowest BCUT2D eigenvalue weighted by Gasteiger charge is -2.25. The smallest absolute Gasteiger partial charge is 0.227 e. The summed E-state index contributed by atoms with van der Waals surface area (Å²) in [5.41, 5.74) is 2.89. The normalized spacial score (nSPS) is 26.5. The van der Waals surface area contributed by atoms with Crippen LogP contribution in [0, 0.1) is 5.92 Å². The highest BCUT2D eigenvalue weighted by Gasteiger charge is 2.46. The summed E-state index contributed by atoms with van der Waals surface area (Å²) in [5.74, 6) is 0.865. The fourth-order valence-corrected chi connectivity index (χ4v) is 4.58. The van der Waals surface area contributed by atoms with Gasteiger partial charge in [0.1, 0.15) is 0 Å². The van der Waals surface area contributed by atoms with Crippen molar-refractivity contribution in [2.45, 2.75) is 43.9 Å². The molecule has 2 heterocycles. The molecule has 0 bridgehead atoms. The van der Waals surface area contributed by atoms with Gasteiger partial charge in [0, 0.05) is 24.1 Å². The molecule has 2 fully saturated rings. The van der Waals surface area contributed by atoms with Crippen molar-refractivity contribution in [3.63, 3.8) is 0 Å².